The highest BCUT2D eigenvalue weighted by molar-refractivity contribution is 5.72. The SMILES string of the molecule is C[C@H](CO)NC[C@H]1CCN(c2ccc3c(c2)Cn2cc(-c4ccc(C#N)cc4)cc2-c2nncn2-3)C1. The molecule has 2 aromatic heterocycles. The van der Waals surface area contributed by atoms with Gasteiger partial charge in [0.05, 0.1) is 29.6 Å². The van der Waals surface area contributed by atoms with Crippen LogP contribution in [0.5, 0.6) is 0 Å². The highest BCUT2D eigenvalue weighted by atomic mass is 16.3. The summed E-state index contributed by atoms with van der Waals surface area (Å²) in [5, 5.41) is 30.5. The molecule has 2 N–H and O–H groups in total. The molecule has 0 bridgehead atoms. The molecular weight excluding hydrogens is 450 g/mol. The number of nitrogens with one attached hydrogen (secondary N) is 1. The van der Waals surface area contributed by atoms with E-state index >= 15 is 0 Å². The van der Waals surface area contributed by atoms with E-state index in [1.54, 1.807) is 6.33 Å². The van der Waals surface area contributed by atoms with Gasteiger partial charge in [-0.3, -0.25) is 4.57 Å². The molecule has 0 spiro atoms. The van der Waals surface area contributed by atoms with E-state index in [4.69, 9.17) is 5.26 Å². The molecule has 0 unspecified atom stereocenters. The van der Waals surface area contributed by atoms with Gasteiger partial charge in [0.2, 0.25) is 0 Å². The Bertz CT molecular complexity index is 1430. The Hall–Kier alpha value is -3.93. The second-order valence-electron chi connectivity index (χ2n) is 9.86. The molecule has 182 valence electrons. The second-order valence-corrected chi connectivity index (χ2v) is 9.86. The number of aliphatic hydroxyl groups is 1. The molecule has 8 heteroatoms. The third-order valence-corrected chi connectivity index (χ3v) is 7.36. The first-order chi connectivity index (χ1) is 17.6. The van der Waals surface area contributed by atoms with Crippen molar-refractivity contribution in [2.45, 2.75) is 25.9 Å². The monoisotopic (exact) mass is 479 g/mol. The number of fused-ring (bicyclic) bond motifs is 5. The summed E-state index contributed by atoms with van der Waals surface area (Å²) in [6.07, 6.45) is 5.10. The number of aliphatic hydroxyl groups excluding tert-OH is 1. The summed E-state index contributed by atoms with van der Waals surface area (Å²) in [4.78, 5) is 2.47. The van der Waals surface area contributed by atoms with Crippen LogP contribution < -0.4 is 10.2 Å². The average Bonchev–Trinajstić information content (AvgIpc) is 3.66. The maximum atomic E-state index is 9.29. The third kappa shape index (κ3) is 4.06. The summed E-state index contributed by atoms with van der Waals surface area (Å²) in [5.74, 6) is 1.40. The lowest BCUT2D eigenvalue weighted by Crippen LogP contribution is -2.34. The van der Waals surface area contributed by atoms with Gasteiger partial charge in [-0.05, 0) is 66.8 Å². The first kappa shape index (κ1) is 22.5. The molecular formula is C28H29N7O. The summed E-state index contributed by atoms with van der Waals surface area (Å²) >= 11 is 0. The summed E-state index contributed by atoms with van der Waals surface area (Å²) < 4.78 is 4.32. The van der Waals surface area contributed by atoms with Crippen LogP contribution in [0, 0.1) is 17.2 Å². The van der Waals surface area contributed by atoms with E-state index in [0.717, 1.165) is 60.9 Å². The fraction of sp³-hybridized carbons (Fsp3) is 0.321. The number of nitrogens with zero attached hydrogens (tertiary/aromatic N) is 6. The standard InChI is InChI=1S/C28H29N7O/c1-19(17-36)30-13-21-8-9-33(14-21)25-6-7-26-24(10-25)16-34-15-23(22-4-2-20(12-29)3-5-22)11-27(34)28-32-31-18-35(26)28/h2-7,10-11,15,18-19,21,30,36H,8-9,13-14,16-17H2,1H3/t19-,21-/m1/s1. The Labute approximate surface area is 210 Å². The minimum absolute atomic E-state index is 0.134. The summed E-state index contributed by atoms with van der Waals surface area (Å²) in [6.45, 7) is 5.90. The van der Waals surface area contributed by atoms with Gasteiger partial charge in [-0.15, -0.1) is 10.2 Å². The average molecular weight is 480 g/mol. The highest BCUT2D eigenvalue weighted by Gasteiger charge is 2.26. The van der Waals surface area contributed by atoms with Gasteiger partial charge < -0.3 is 19.9 Å². The molecule has 6 rings (SSSR count). The predicted octanol–water partition coefficient (Wildman–Crippen LogP) is 3.43. The number of benzene rings is 2. The Morgan fingerprint density at radius 2 is 2.03 bits per heavy atom. The fourth-order valence-corrected chi connectivity index (χ4v) is 5.29. The molecule has 4 aromatic rings. The van der Waals surface area contributed by atoms with Crippen LogP contribution in [0.25, 0.3) is 28.3 Å². The number of hydrogen-bond donors (Lipinski definition) is 2. The highest BCUT2D eigenvalue weighted by Crippen LogP contribution is 2.35. The normalized spacial score (nSPS) is 17.1. The van der Waals surface area contributed by atoms with Crippen molar-refractivity contribution in [3.05, 3.63) is 72.2 Å². The van der Waals surface area contributed by atoms with Crippen molar-refractivity contribution in [2.75, 3.05) is 31.1 Å². The fourth-order valence-electron chi connectivity index (χ4n) is 5.29. The smallest absolute Gasteiger partial charge is 0.185 e. The molecule has 0 amide bonds. The third-order valence-electron chi connectivity index (χ3n) is 7.36. The van der Waals surface area contributed by atoms with Crippen molar-refractivity contribution in [3.63, 3.8) is 0 Å². The van der Waals surface area contributed by atoms with Crippen LogP contribution in [-0.4, -0.2) is 56.7 Å². The minimum Gasteiger partial charge on any atom is -0.395 e. The molecule has 2 aliphatic heterocycles. The van der Waals surface area contributed by atoms with Crippen LogP contribution in [0.3, 0.4) is 0 Å². The first-order valence-corrected chi connectivity index (χ1v) is 12.5. The molecule has 36 heavy (non-hydrogen) atoms. The minimum atomic E-state index is 0.134. The summed E-state index contributed by atoms with van der Waals surface area (Å²) in [6, 6.07) is 18.9. The number of anilines is 1. The predicted molar refractivity (Wildman–Crippen MR) is 139 cm³/mol. The van der Waals surface area contributed by atoms with Crippen molar-refractivity contribution >= 4 is 5.69 Å². The van der Waals surface area contributed by atoms with Gasteiger partial charge in [0, 0.05) is 49.7 Å². The van der Waals surface area contributed by atoms with Crippen molar-refractivity contribution in [1.29, 1.82) is 5.26 Å². The van der Waals surface area contributed by atoms with Crippen LogP contribution >= 0.6 is 0 Å². The number of rotatable bonds is 6. The quantitative estimate of drug-likeness (QED) is 0.388. The Morgan fingerprint density at radius 1 is 1.17 bits per heavy atom. The van der Waals surface area contributed by atoms with Gasteiger partial charge in [-0.2, -0.15) is 5.26 Å². The van der Waals surface area contributed by atoms with E-state index < -0.39 is 0 Å². The Morgan fingerprint density at radius 3 is 2.83 bits per heavy atom. The number of hydrogen-bond acceptors (Lipinski definition) is 6. The van der Waals surface area contributed by atoms with Crippen LogP contribution in [0.4, 0.5) is 5.69 Å². The van der Waals surface area contributed by atoms with Gasteiger partial charge in [-0.25, -0.2) is 0 Å². The molecule has 0 aliphatic carbocycles. The van der Waals surface area contributed by atoms with Crippen LogP contribution in [0.2, 0.25) is 0 Å². The zero-order valence-electron chi connectivity index (χ0n) is 20.3. The topological polar surface area (TPSA) is 94.9 Å². The van der Waals surface area contributed by atoms with Crippen LogP contribution in [0.1, 0.15) is 24.5 Å². The van der Waals surface area contributed by atoms with E-state index in [1.165, 1.54) is 11.3 Å². The molecule has 2 atom stereocenters. The zero-order chi connectivity index (χ0) is 24.6. The molecule has 2 aliphatic rings. The zero-order valence-corrected chi connectivity index (χ0v) is 20.3. The summed E-state index contributed by atoms with van der Waals surface area (Å²) in [7, 11) is 0. The summed E-state index contributed by atoms with van der Waals surface area (Å²) in [5.41, 5.74) is 7.42. The molecule has 0 radical (unpaired) electrons. The lowest BCUT2D eigenvalue weighted by Gasteiger charge is -2.21. The molecule has 8 nitrogen and oxygen atoms in total. The number of aromatic nitrogens is 4. The Balaban J connectivity index is 1.30. The molecule has 1 fully saturated rings. The van der Waals surface area contributed by atoms with Crippen molar-refractivity contribution < 1.29 is 5.11 Å². The molecule has 2 aromatic carbocycles. The largest absolute Gasteiger partial charge is 0.395 e. The van der Waals surface area contributed by atoms with Crippen molar-refractivity contribution in [1.82, 2.24) is 24.6 Å². The lowest BCUT2D eigenvalue weighted by atomic mass is 10.1. The van der Waals surface area contributed by atoms with Gasteiger partial charge >= 0.3 is 0 Å². The first-order valence-electron chi connectivity index (χ1n) is 12.5. The van der Waals surface area contributed by atoms with E-state index in [9.17, 15) is 5.11 Å². The Kier molecular flexibility index (Phi) is 5.80. The lowest BCUT2D eigenvalue weighted by molar-refractivity contribution is 0.247. The van der Waals surface area contributed by atoms with Crippen LogP contribution in [-0.2, 0) is 6.54 Å². The van der Waals surface area contributed by atoms with E-state index in [2.05, 4.69) is 66.1 Å². The van der Waals surface area contributed by atoms with Gasteiger partial charge in [0.15, 0.2) is 5.82 Å². The molecule has 4 heterocycles. The van der Waals surface area contributed by atoms with Gasteiger partial charge in [0.1, 0.15) is 6.33 Å². The molecule has 0 saturated carbocycles. The van der Waals surface area contributed by atoms with Gasteiger partial charge in [-0.1, -0.05) is 12.1 Å². The maximum absolute atomic E-state index is 9.29. The van der Waals surface area contributed by atoms with Crippen molar-refractivity contribution in [3.8, 4) is 34.4 Å². The van der Waals surface area contributed by atoms with Gasteiger partial charge in [0.25, 0.3) is 0 Å². The van der Waals surface area contributed by atoms with Crippen LogP contribution in [0.15, 0.2) is 61.1 Å². The number of nitriles is 1. The van der Waals surface area contributed by atoms with E-state index in [1.807, 2.05) is 31.2 Å². The van der Waals surface area contributed by atoms with E-state index in [-0.39, 0.29) is 12.6 Å². The van der Waals surface area contributed by atoms with E-state index in [0.29, 0.717) is 11.5 Å². The van der Waals surface area contributed by atoms with Crippen molar-refractivity contribution in [2.24, 2.45) is 5.92 Å². The maximum Gasteiger partial charge on any atom is 0.185 e. The molecule has 1 saturated heterocycles. The second kappa shape index (κ2) is 9.26.